The van der Waals surface area contributed by atoms with E-state index in [0.29, 0.717) is 0 Å². The molecule has 6 nitrogen and oxygen atoms in total. The Morgan fingerprint density at radius 3 is 2.63 bits per heavy atom. The third-order valence-electron chi connectivity index (χ3n) is 2.74. The topological polar surface area (TPSA) is 63.8 Å². The van der Waals surface area contributed by atoms with Crippen molar-refractivity contribution in [3.05, 3.63) is 27.5 Å². The monoisotopic (exact) mass is 286 g/mol. The quantitative estimate of drug-likeness (QED) is 0.694. The summed E-state index contributed by atoms with van der Waals surface area (Å²) in [5.41, 5.74) is 2.41. The van der Waals surface area contributed by atoms with E-state index in [1.807, 2.05) is 13.8 Å². The summed E-state index contributed by atoms with van der Waals surface area (Å²) >= 11 is 4.86. The number of nitrogens with zero attached hydrogens (tertiary/aromatic N) is 5. The van der Waals surface area contributed by atoms with E-state index in [9.17, 15) is 8.78 Å². The summed E-state index contributed by atoms with van der Waals surface area (Å²) in [6.07, 6.45) is -1.30. The van der Waals surface area contributed by atoms with Crippen LogP contribution in [0.2, 0.25) is 0 Å². The van der Waals surface area contributed by atoms with Gasteiger partial charge in [-0.1, -0.05) is 0 Å². The molecule has 0 radical (unpaired) electrons. The van der Waals surface area contributed by atoms with Crippen molar-refractivity contribution < 1.29 is 8.78 Å². The van der Waals surface area contributed by atoms with E-state index in [2.05, 4.69) is 20.4 Å². The predicted molar refractivity (Wildman–Crippen MR) is 68.0 cm³/mol. The lowest BCUT2D eigenvalue weighted by Crippen LogP contribution is -2.00. The minimum atomic E-state index is -2.75. The fourth-order valence-corrected chi connectivity index (χ4v) is 1.84. The molecule has 0 unspecified atom stereocenters. The summed E-state index contributed by atoms with van der Waals surface area (Å²) in [5.74, 6) is -0.513. The summed E-state index contributed by atoms with van der Waals surface area (Å²) in [7, 11) is 1.80. The first-order chi connectivity index (χ1) is 8.91. The lowest BCUT2D eigenvalue weighted by molar-refractivity contribution is 0.136. The maximum Gasteiger partial charge on any atom is 0.299 e. The molecular formula is C10H12F2N6S. The van der Waals surface area contributed by atoms with Gasteiger partial charge < -0.3 is 0 Å². The average molecular weight is 286 g/mol. The molecule has 0 spiro atoms. The van der Waals surface area contributed by atoms with Gasteiger partial charge in [0, 0.05) is 18.3 Å². The molecule has 9 heteroatoms. The van der Waals surface area contributed by atoms with Gasteiger partial charge in [-0.25, -0.2) is 13.9 Å². The number of aryl methyl sites for hydroxylation is 2. The van der Waals surface area contributed by atoms with E-state index >= 15 is 0 Å². The Morgan fingerprint density at radius 2 is 2.11 bits per heavy atom. The number of nitrogens with one attached hydrogen (secondary N) is 1. The molecule has 0 aliphatic heterocycles. The van der Waals surface area contributed by atoms with Crippen LogP contribution in [-0.4, -0.2) is 30.9 Å². The van der Waals surface area contributed by atoms with Crippen LogP contribution in [-0.2, 0) is 7.05 Å². The van der Waals surface area contributed by atoms with Crippen LogP contribution in [0.3, 0.4) is 0 Å². The van der Waals surface area contributed by atoms with Crippen LogP contribution in [0.5, 0.6) is 0 Å². The first-order valence-electron chi connectivity index (χ1n) is 5.41. The van der Waals surface area contributed by atoms with Crippen molar-refractivity contribution in [1.29, 1.82) is 0 Å². The standard InChI is InChI=1S/C10H12F2N6S/c1-5-7(6(2)17(3)16-5)4-13-18-9(8(11)12)14-15-10(18)19/h4,8H,1-3H3,(H,15,19). The molecule has 0 aliphatic carbocycles. The number of H-pyrrole nitrogens is 1. The lowest BCUT2D eigenvalue weighted by atomic mass is 10.2. The van der Waals surface area contributed by atoms with Gasteiger partial charge >= 0.3 is 0 Å². The third-order valence-corrected chi connectivity index (χ3v) is 3.00. The Balaban J connectivity index is 2.43. The Kier molecular flexibility index (Phi) is 3.56. The molecule has 2 rings (SSSR count). The average Bonchev–Trinajstić information content (AvgIpc) is 2.80. The molecule has 1 N–H and O–H groups in total. The Labute approximate surface area is 112 Å². The van der Waals surface area contributed by atoms with Crippen molar-refractivity contribution in [2.24, 2.45) is 12.1 Å². The highest BCUT2D eigenvalue weighted by Crippen LogP contribution is 2.16. The van der Waals surface area contributed by atoms with Gasteiger partial charge in [0.1, 0.15) is 0 Å². The molecule has 0 saturated heterocycles. The van der Waals surface area contributed by atoms with Crippen LogP contribution in [0.25, 0.3) is 0 Å². The predicted octanol–water partition coefficient (Wildman–Crippen LogP) is 2.11. The molecule has 2 aromatic heterocycles. The zero-order chi connectivity index (χ0) is 14.2. The van der Waals surface area contributed by atoms with Gasteiger partial charge in [-0.15, -0.1) is 0 Å². The summed E-state index contributed by atoms with van der Waals surface area (Å²) < 4.78 is 28.0. The summed E-state index contributed by atoms with van der Waals surface area (Å²) in [4.78, 5) is 0. The number of aromatic amines is 1. The van der Waals surface area contributed by atoms with E-state index in [1.54, 1.807) is 11.7 Å². The maximum absolute atomic E-state index is 12.7. The first-order valence-corrected chi connectivity index (χ1v) is 5.82. The Hall–Kier alpha value is -1.90. The smallest absolute Gasteiger partial charge is 0.272 e. The van der Waals surface area contributed by atoms with Crippen LogP contribution in [0.1, 0.15) is 29.2 Å². The highest BCUT2D eigenvalue weighted by molar-refractivity contribution is 7.71. The minimum absolute atomic E-state index is 0.0192. The molecule has 0 atom stereocenters. The summed E-state index contributed by atoms with van der Waals surface area (Å²) in [6, 6.07) is 0. The third kappa shape index (κ3) is 2.46. The van der Waals surface area contributed by atoms with Gasteiger partial charge in [-0.2, -0.15) is 20.0 Å². The zero-order valence-corrected chi connectivity index (χ0v) is 11.4. The van der Waals surface area contributed by atoms with E-state index in [1.165, 1.54) is 6.21 Å². The number of hydrogen-bond acceptors (Lipinski definition) is 4. The van der Waals surface area contributed by atoms with E-state index in [-0.39, 0.29) is 4.77 Å². The molecule has 102 valence electrons. The van der Waals surface area contributed by atoms with E-state index in [4.69, 9.17) is 12.2 Å². The SMILES string of the molecule is Cc1nn(C)c(C)c1C=Nn1c(C(F)F)n[nH]c1=S. The summed E-state index contributed by atoms with van der Waals surface area (Å²) in [5, 5.41) is 13.9. The molecule has 2 heterocycles. The Bertz CT molecular complexity index is 681. The van der Waals surface area contributed by atoms with Crippen molar-refractivity contribution in [3.63, 3.8) is 0 Å². The van der Waals surface area contributed by atoms with E-state index < -0.39 is 12.2 Å². The van der Waals surface area contributed by atoms with Crippen molar-refractivity contribution in [2.75, 3.05) is 0 Å². The number of rotatable bonds is 3. The number of hydrogen-bond donors (Lipinski definition) is 1. The number of alkyl halides is 2. The van der Waals surface area contributed by atoms with Gasteiger partial charge in [-0.3, -0.25) is 4.68 Å². The second kappa shape index (κ2) is 5.00. The molecule has 0 aliphatic rings. The van der Waals surface area contributed by atoms with Crippen molar-refractivity contribution in [2.45, 2.75) is 20.3 Å². The second-order valence-electron chi connectivity index (χ2n) is 3.95. The molecule has 0 amide bonds. The molecule has 2 aromatic rings. The highest BCUT2D eigenvalue weighted by Gasteiger charge is 2.16. The van der Waals surface area contributed by atoms with E-state index in [0.717, 1.165) is 21.6 Å². The van der Waals surface area contributed by atoms with Crippen molar-refractivity contribution in [3.8, 4) is 0 Å². The fraction of sp³-hybridized carbons (Fsp3) is 0.400. The lowest BCUT2D eigenvalue weighted by Gasteiger charge is -1.98. The van der Waals surface area contributed by atoms with Crippen LogP contribution in [0, 0.1) is 18.6 Å². The van der Waals surface area contributed by atoms with Gasteiger partial charge in [0.15, 0.2) is 0 Å². The van der Waals surface area contributed by atoms with Crippen LogP contribution >= 0.6 is 12.2 Å². The maximum atomic E-state index is 12.7. The second-order valence-corrected chi connectivity index (χ2v) is 4.34. The molecule has 0 bridgehead atoms. The largest absolute Gasteiger partial charge is 0.299 e. The van der Waals surface area contributed by atoms with Crippen LogP contribution in [0.4, 0.5) is 8.78 Å². The number of halogens is 2. The summed E-state index contributed by atoms with van der Waals surface area (Å²) in [6.45, 7) is 3.68. The van der Waals surface area contributed by atoms with Crippen molar-refractivity contribution in [1.82, 2.24) is 24.7 Å². The van der Waals surface area contributed by atoms with Gasteiger partial charge in [-0.05, 0) is 26.1 Å². The molecule has 0 saturated carbocycles. The molecule has 0 aromatic carbocycles. The van der Waals surface area contributed by atoms with Crippen LogP contribution < -0.4 is 0 Å². The first kappa shape index (κ1) is 13.5. The molecule has 0 fully saturated rings. The highest BCUT2D eigenvalue weighted by atomic mass is 32.1. The minimum Gasteiger partial charge on any atom is -0.272 e. The normalized spacial score (nSPS) is 11.9. The molecular weight excluding hydrogens is 274 g/mol. The zero-order valence-electron chi connectivity index (χ0n) is 10.6. The van der Waals surface area contributed by atoms with Gasteiger partial charge in [0.2, 0.25) is 10.6 Å². The fourth-order valence-electron chi connectivity index (χ4n) is 1.65. The van der Waals surface area contributed by atoms with Gasteiger partial charge in [0.25, 0.3) is 6.43 Å². The van der Waals surface area contributed by atoms with Crippen molar-refractivity contribution >= 4 is 18.4 Å². The number of aromatic nitrogens is 5. The Morgan fingerprint density at radius 1 is 1.42 bits per heavy atom. The van der Waals surface area contributed by atoms with Crippen LogP contribution in [0.15, 0.2) is 5.10 Å². The molecule has 19 heavy (non-hydrogen) atoms. The van der Waals surface area contributed by atoms with Gasteiger partial charge in [0.05, 0.1) is 11.9 Å².